The largest absolute Gasteiger partial charge is 0.352 e. The molecule has 0 spiro atoms. The summed E-state index contributed by atoms with van der Waals surface area (Å²) < 4.78 is 0. The highest BCUT2D eigenvalue weighted by molar-refractivity contribution is 5.84. The van der Waals surface area contributed by atoms with Crippen molar-refractivity contribution in [3.05, 3.63) is 0 Å². The summed E-state index contributed by atoms with van der Waals surface area (Å²) in [5, 5.41) is 8.58. The maximum absolute atomic E-state index is 12.2. The topological polar surface area (TPSA) is 90.5 Å². The fraction of sp³-hybridized carbons (Fsp3) is 0.833. The van der Waals surface area contributed by atoms with E-state index in [1.54, 1.807) is 4.90 Å². The first-order chi connectivity index (χ1) is 11.9. The van der Waals surface area contributed by atoms with Gasteiger partial charge in [-0.05, 0) is 40.0 Å². The zero-order valence-corrected chi connectivity index (χ0v) is 15.9. The molecule has 7 nitrogen and oxygen atoms in total. The van der Waals surface area contributed by atoms with E-state index in [-0.39, 0.29) is 36.5 Å². The molecule has 0 aromatic rings. The van der Waals surface area contributed by atoms with Gasteiger partial charge < -0.3 is 20.9 Å². The van der Waals surface area contributed by atoms with Crippen LogP contribution in [0.3, 0.4) is 0 Å². The molecule has 0 aromatic carbocycles. The number of rotatable bonds is 9. The van der Waals surface area contributed by atoms with Gasteiger partial charge in [0, 0.05) is 31.6 Å². The number of urea groups is 1. The van der Waals surface area contributed by atoms with E-state index in [0.717, 1.165) is 12.8 Å². The predicted molar refractivity (Wildman–Crippen MR) is 98.2 cm³/mol. The minimum absolute atomic E-state index is 0.0594. The van der Waals surface area contributed by atoms with E-state index in [0.29, 0.717) is 25.9 Å². The van der Waals surface area contributed by atoms with Crippen LogP contribution in [0.2, 0.25) is 0 Å². The number of likely N-dealkylation sites (N-methyl/N-ethyl adjacent to an activating group) is 1. The van der Waals surface area contributed by atoms with E-state index >= 15 is 0 Å². The van der Waals surface area contributed by atoms with E-state index in [4.69, 9.17) is 0 Å². The maximum atomic E-state index is 12.2. The number of carbonyl (C=O) groups is 3. The Balaban J connectivity index is 2.18. The third kappa shape index (κ3) is 9.31. The summed E-state index contributed by atoms with van der Waals surface area (Å²) in [5.74, 6) is -0.203. The van der Waals surface area contributed by atoms with Gasteiger partial charge in [-0.15, -0.1) is 0 Å². The minimum Gasteiger partial charge on any atom is -0.352 e. The van der Waals surface area contributed by atoms with Crippen LogP contribution in [0.5, 0.6) is 0 Å². The van der Waals surface area contributed by atoms with Gasteiger partial charge in [0.15, 0.2) is 0 Å². The Bertz CT molecular complexity index is 434. The molecule has 3 N–H and O–H groups in total. The number of hydrogen-bond acceptors (Lipinski definition) is 3. The highest BCUT2D eigenvalue weighted by Gasteiger charge is 2.17. The molecule has 4 amide bonds. The summed E-state index contributed by atoms with van der Waals surface area (Å²) in [6.07, 6.45) is 6.61. The molecule has 1 aliphatic carbocycles. The minimum atomic E-state index is -0.150. The average Bonchev–Trinajstić information content (AvgIpc) is 2.56. The number of nitrogens with one attached hydrogen (secondary N) is 3. The summed E-state index contributed by atoms with van der Waals surface area (Å²) in [6, 6.07) is 0.196. The molecule has 0 radical (unpaired) electrons. The van der Waals surface area contributed by atoms with E-state index < -0.39 is 0 Å². The molecule has 1 rings (SSSR count). The van der Waals surface area contributed by atoms with Crippen LogP contribution < -0.4 is 16.0 Å². The van der Waals surface area contributed by atoms with Crippen molar-refractivity contribution < 1.29 is 14.4 Å². The highest BCUT2D eigenvalue weighted by atomic mass is 16.2. The van der Waals surface area contributed by atoms with E-state index in [1.165, 1.54) is 19.3 Å². The molecule has 25 heavy (non-hydrogen) atoms. The van der Waals surface area contributed by atoms with Crippen molar-refractivity contribution in [2.75, 3.05) is 19.6 Å². The molecule has 1 saturated carbocycles. The van der Waals surface area contributed by atoms with Gasteiger partial charge in [0.25, 0.3) is 0 Å². The molecule has 7 heteroatoms. The molecule has 0 bridgehead atoms. The van der Waals surface area contributed by atoms with Gasteiger partial charge in [0.05, 0.1) is 6.54 Å². The molecule has 0 atom stereocenters. The molecule has 1 aliphatic rings. The van der Waals surface area contributed by atoms with Crippen LogP contribution in [0, 0.1) is 0 Å². The van der Waals surface area contributed by atoms with Gasteiger partial charge in [-0.3, -0.25) is 9.59 Å². The first-order valence-corrected chi connectivity index (χ1v) is 9.53. The predicted octanol–water partition coefficient (Wildman–Crippen LogP) is 1.77. The Labute approximate surface area is 151 Å². The molecule has 0 heterocycles. The lowest BCUT2D eigenvalue weighted by molar-refractivity contribution is -0.136. The number of hydrogen-bond donors (Lipinski definition) is 3. The van der Waals surface area contributed by atoms with Crippen molar-refractivity contribution in [1.29, 1.82) is 0 Å². The van der Waals surface area contributed by atoms with Crippen LogP contribution in [0.1, 0.15) is 65.7 Å². The lowest BCUT2D eigenvalue weighted by Crippen LogP contribution is -2.44. The summed E-state index contributed by atoms with van der Waals surface area (Å²) >= 11 is 0. The smallest absolute Gasteiger partial charge is 0.315 e. The summed E-state index contributed by atoms with van der Waals surface area (Å²) in [4.78, 5) is 37.3. The average molecular weight is 354 g/mol. The normalized spacial score (nSPS) is 14.9. The van der Waals surface area contributed by atoms with Crippen LogP contribution in [-0.4, -0.2) is 54.5 Å². The van der Waals surface area contributed by atoms with E-state index in [9.17, 15) is 14.4 Å². The molecule has 1 fully saturated rings. The second kappa shape index (κ2) is 11.7. The zero-order chi connectivity index (χ0) is 18.7. The highest BCUT2D eigenvalue weighted by Crippen LogP contribution is 2.17. The van der Waals surface area contributed by atoms with E-state index in [1.807, 2.05) is 20.8 Å². The Morgan fingerprint density at radius 3 is 2.40 bits per heavy atom. The van der Waals surface area contributed by atoms with Gasteiger partial charge in [-0.2, -0.15) is 0 Å². The molecule has 0 aromatic heterocycles. The van der Waals surface area contributed by atoms with Gasteiger partial charge in [0.1, 0.15) is 0 Å². The molecule has 0 unspecified atom stereocenters. The maximum Gasteiger partial charge on any atom is 0.315 e. The molecular formula is C18H34N4O3. The second-order valence-corrected chi connectivity index (χ2v) is 6.97. The van der Waals surface area contributed by atoms with Gasteiger partial charge >= 0.3 is 6.03 Å². The van der Waals surface area contributed by atoms with Crippen LogP contribution in [-0.2, 0) is 9.59 Å². The molecular weight excluding hydrogens is 320 g/mol. The Morgan fingerprint density at radius 2 is 1.80 bits per heavy atom. The van der Waals surface area contributed by atoms with Crippen molar-refractivity contribution in [3.8, 4) is 0 Å². The van der Waals surface area contributed by atoms with Crippen LogP contribution in [0.4, 0.5) is 4.79 Å². The summed E-state index contributed by atoms with van der Waals surface area (Å²) in [7, 11) is 0. The Kier molecular flexibility index (Phi) is 9.96. The number of nitrogens with zero attached hydrogens (tertiary/aromatic N) is 1. The Hall–Kier alpha value is -1.79. The zero-order valence-electron chi connectivity index (χ0n) is 15.9. The van der Waals surface area contributed by atoms with Crippen molar-refractivity contribution in [3.63, 3.8) is 0 Å². The standard InChI is InChI=1S/C18H34N4O3/c1-4-22(13-16(23)20-14(2)3)17(24)11-8-12-19-18(25)21-15-9-6-5-7-10-15/h14-15H,4-13H2,1-3H3,(H,20,23)(H2,19,21,25). The third-order valence-electron chi connectivity index (χ3n) is 4.31. The fourth-order valence-electron chi connectivity index (χ4n) is 3.00. The van der Waals surface area contributed by atoms with Crippen LogP contribution >= 0.6 is 0 Å². The first kappa shape index (κ1) is 21.3. The monoisotopic (exact) mass is 354 g/mol. The van der Waals surface area contributed by atoms with Crippen molar-refractivity contribution in [1.82, 2.24) is 20.9 Å². The van der Waals surface area contributed by atoms with Crippen molar-refractivity contribution >= 4 is 17.8 Å². The summed E-state index contributed by atoms with van der Waals surface area (Å²) in [5.41, 5.74) is 0. The fourth-order valence-corrected chi connectivity index (χ4v) is 3.00. The first-order valence-electron chi connectivity index (χ1n) is 9.53. The molecule has 0 aliphatic heterocycles. The summed E-state index contributed by atoms with van der Waals surface area (Å²) in [6.45, 7) is 6.68. The van der Waals surface area contributed by atoms with Crippen molar-refractivity contribution in [2.24, 2.45) is 0 Å². The van der Waals surface area contributed by atoms with Gasteiger partial charge in [0.2, 0.25) is 11.8 Å². The van der Waals surface area contributed by atoms with Crippen molar-refractivity contribution in [2.45, 2.75) is 77.8 Å². The molecule has 144 valence electrons. The Morgan fingerprint density at radius 1 is 1.12 bits per heavy atom. The number of carbonyl (C=O) groups excluding carboxylic acids is 3. The molecule has 0 saturated heterocycles. The third-order valence-corrected chi connectivity index (χ3v) is 4.31. The lowest BCUT2D eigenvalue weighted by Gasteiger charge is -2.23. The SMILES string of the molecule is CCN(CC(=O)NC(C)C)C(=O)CCCNC(=O)NC1CCCCC1. The van der Waals surface area contributed by atoms with Gasteiger partial charge in [-0.1, -0.05) is 19.3 Å². The lowest BCUT2D eigenvalue weighted by atomic mass is 9.96. The van der Waals surface area contributed by atoms with Crippen LogP contribution in [0.25, 0.3) is 0 Å². The quantitative estimate of drug-likeness (QED) is 0.551. The second-order valence-electron chi connectivity index (χ2n) is 6.97. The van der Waals surface area contributed by atoms with Gasteiger partial charge in [-0.25, -0.2) is 4.79 Å². The number of amides is 4. The van der Waals surface area contributed by atoms with Crippen LogP contribution in [0.15, 0.2) is 0 Å². The van der Waals surface area contributed by atoms with E-state index in [2.05, 4.69) is 16.0 Å².